The number of benzene rings is 1. The second kappa shape index (κ2) is 5.61. The Bertz CT molecular complexity index is 499. The van der Waals surface area contributed by atoms with Gasteiger partial charge >= 0.3 is 0 Å². The lowest BCUT2D eigenvalue weighted by Gasteiger charge is -2.09. The fraction of sp³-hybridized carbons (Fsp3) is 0.308. The van der Waals surface area contributed by atoms with Crippen LogP contribution in [-0.4, -0.2) is 25.2 Å². The van der Waals surface area contributed by atoms with Gasteiger partial charge in [0.1, 0.15) is 5.82 Å². The Morgan fingerprint density at radius 1 is 1.35 bits per heavy atom. The number of anilines is 1. The quantitative estimate of drug-likeness (QED) is 0.770. The number of hydrogen-bond acceptors (Lipinski definition) is 4. The lowest BCUT2D eigenvalue weighted by atomic mass is 10.1. The number of rotatable bonds is 5. The Morgan fingerprint density at radius 2 is 2.18 bits per heavy atom. The van der Waals surface area contributed by atoms with E-state index in [1.165, 1.54) is 0 Å². The predicted octanol–water partition coefficient (Wildman–Crippen LogP) is 1.75. The van der Waals surface area contributed by atoms with Gasteiger partial charge in [0, 0.05) is 25.6 Å². The van der Waals surface area contributed by atoms with E-state index in [2.05, 4.69) is 10.3 Å². The molecule has 2 aromatic rings. The van der Waals surface area contributed by atoms with Crippen molar-refractivity contribution < 1.29 is 4.74 Å². The predicted molar refractivity (Wildman–Crippen MR) is 70.0 cm³/mol. The molecule has 90 valence electrons. The molecule has 0 spiro atoms. The first-order valence-electron chi connectivity index (χ1n) is 5.66. The zero-order chi connectivity index (χ0) is 12.1. The standard InChI is InChI=1S/C13H17N3O/c1-17-7-6-15-13-8-10(9-14)11-4-2-3-5-12(11)16-13/h2-5,8H,6-7,9,14H2,1H3,(H,15,16). The van der Waals surface area contributed by atoms with Crippen molar-refractivity contribution >= 4 is 16.7 Å². The number of hydrogen-bond donors (Lipinski definition) is 2. The van der Waals surface area contributed by atoms with Gasteiger partial charge in [-0.3, -0.25) is 0 Å². The van der Waals surface area contributed by atoms with E-state index in [4.69, 9.17) is 10.5 Å². The van der Waals surface area contributed by atoms with E-state index >= 15 is 0 Å². The Balaban J connectivity index is 2.32. The van der Waals surface area contributed by atoms with Gasteiger partial charge in [0.15, 0.2) is 0 Å². The largest absolute Gasteiger partial charge is 0.383 e. The summed E-state index contributed by atoms with van der Waals surface area (Å²) in [6, 6.07) is 10.0. The minimum Gasteiger partial charge on any atom is -0.383 e. The van der Waals surface area contributed by atoms with Crippen molar-refractivity contribution in [2.45, 2.75) is 6.54 Å². The molecule has 0 saturated carbocycles. The summed E-state index contributed by atoms with van der Waals surface area (Å²) in [5.41, 5.74) is 7.83. The molecule has 0 aliphatic rings. The first-order chi connectivity index (χ1) is 8.35. The highest BCUT2D eigenvalue weighted by atomic mass is 16.5. The summed E-state index contributed by atoms with van der Waals surface area (Å²) < 4.78 is 4.99. The number of fused-ring (bicyclic) bond motifs is 1. The molecule has 0 radical (unpaired) electrons. The van der Waals surface area contributed by atoms with Gasteiger partial charge in [0.25, 0.3) is 0 Å². The molecule has 0 amide bonds. The Morgan fingerprint density at radius 3 is 2.94 bits per heavy atom. The van der Waals surface area contributed by atoms with Crippen molar-refractivity contribution in [2.75, 3.05) is 25.6 Å². The van der Waals surface area contributed by atoms with Gasteiger partial charge in [-0.15, -0.1) is 0 Å². The molecule has 4 heteroatoms. The number of ether oxygens (including phenoxy) is 1. The summed E-state index contributed by atoms with van der Waals surface area (Å²) in [6.07, 6.45) is 0. The smallest absolute Gasteiger partial charge is 0.127 e. The first-order valence-corrected chi connectivity index (χ1v) is 5.66. The molecule has 4 nitrogen and oxygen atoms in total. The van der Waals surface area contributed by atoms with Gasteiger partial charge in [-0.25, -0.2) is 4.98 Å². The maximum Gasteiger partial charge on any atom is 0.127 e. The zero-order valence-corrected chi connectivity index (χ0v) is 9.94. The zero-order valence-electron chi connectivity index (χ0n) is 9.94. The maximum absolute atomic E-state index is 5.76. The lowest BCUT2D eigenvalue weighted by Crippen LogP contribution is -2.10. The fourth-order valence-electron chi connectivity index (χ4n) is 1.79. The average molecular weight is 231 g/mol. The molecule has 1 aromatic heterocycles. The van der Waals surface area contributed by atoms with Crippen LogP contribution in [-0.2, 0) is 11.3 Å². The van der Waals surface area contributed by atoms with Crippen molar-refractivity contribution in [1.29, 1.82) is 0 Å². The molecule has 1 heterocycles. The van der Waals surface area contributed by atoms with Crippen LogP contribution in [0.15, 0.2) is 30.3 Å². The Hall–Kier alpha value is -1.65. The summed E-state index contributed by atoms with van der Waals surface area (Å²) >= 11 is 0. The number of pyridine rings is 1. The Kier molecular flexibility index (Phi) is 3.90. The molecule has 0 fully saturated rings. The number of nitrogens with one attached hydrogen (secondary N) is 1. The van der Waals surface area contributed by atoms with Gasteiger partial charge in [-0.2, -0.15) is 0 Å². The minimum absolute atomic E-state index is 0.516. The molecule has 0 unspecified atom stereocenters. The van der Waals surface area contributed by atoms with Crippen molar-refractivity contribution in [3.63, 3.8) is 0 Å². The second-order valence-electron chi connectivity index (χ2n) is 3.81. The van der Waals surface area contributed by atoms with E-state index in [1.807, 2.05) is 30.3 Å². The SMILES string of the molecule is COCCNc1cc(CN)c2ccccc2n1. The van der Waals surface area contributed by atoms with Crippen LogP contribution in [0.5, 0.6) is 0 Å². The first kappa shape index (κ1) is 11.8. The molecule has 1 aromatic carbocycles. The highest BCUT2D eigenvalue weighted by Gasteiger charge is 2.03. The third-order valence-electron chi connectivity index (χ3n) is 2.63. The highest BCUT2D eigenvalue weighted by Crippen LogP contribution is 2.20. The molecule has 0 aliphatic heterocycles. The number of aromatic nitrogens is 1. The fourth-order valence-corrected chi connectivity index (χ4v) is 1.79. The van der Waals surface area contributed by atoms with Crippen molar-refractivity contribution in [3.05, 3.63) is 35.9 Å². The minimum atomic E-state index is 0.516. The molecule has 0 bridgehead atoms. The van der Waals surface area contributed by atoms with Crippen LogP contribution in [0.2, 0.25) is 0 Å². The molecular weight excluding hydrogens is 214 g/mol. The molecule has 2 rings (SSSR count). The normalized spacial score (nSPS) is 10.7. The van der Waals surface area contributed by atoms with E-state index in [0.29, 0.717) is 13.2 Å². The summed E-state index contributed by atoms with van der Waals surface area (Å²) in [5.74, 6) is 0.848. The Labute approximate surface area is 101 Å². The third kappa shape index (κ3) is 2.72. The molecule has 0 saturated heterocycles. The van der Waals surface area contributed by atoms with Crippen LogP contribution in [0.4, 0.5) is 5.82 Å². The number of nitrogens with two attached hydrogens (primary N) is 1. The summed E-state index contributed by atoms with van der Waals surface area (Å²) in [4.78, 5) is 4.53. The summed E-state index contributed by atoms with van der Waals surface area (Å²) in [5, 5.41) is 4.34. The molecule has 0 aliphatic carbocycles. The summed E-state index contributed by atoms with van der Waals surface area (Å²) in [7, 11) is 1.68. The van der Waals surface area contributed by atoms with Crippen LogP contribution in [0.25, 0.3) is 10.9 Å². The van der Waals surface area contributed by atoms with Crippen molar-refractivity contribution in [2.24, 2.45) is 5.73 Å². The van der Waals surface area contributed by atoms with Crippen molar-refractivity contribution in [3.8, 4) is 0 Å². The van der Waals surface area contributed by atoms with Gasteiger partial charge in [0.2, 0.25) is 0 Å². The van der Waals surface area contributed by atoms with Gasteiger partial charge in [-0.1, -0.05) is 18.2 Å². The number of para-hydroxylation sites is 1. The monoisotopic (exact) mass is 231 g/mol. The van der Waals surface area contributed by atoms with E-state index in [0.717, 1.165) is 28.8 Å². The van der Waals surface area contributed by atoms with Gasteiger partial charge < -0.3 is 15.8 Å². The second-order valence-corrected chi connectivity index (χ2v) is 3.81. The van der Waals surface area contributed by atoms with Crippen LogP contribution < -0.4 is 11.1 Å². The van der Waals surface area contributed by atoms with E-state index in [9.17, 15) is 0 Å². The molecule has 3 N–H and O–H groups in total. The lowest BCUT2D eigenvalue weighted by molar-refractivity contribution is 0.210. The van der Waals surface area contributed by atoms with E-state index in [-0.39, 0.29) is 0 Å². The van der Waals surface area contributed by atoms with Crippen LogP contribution in [0, 0.1) is 0 Å². The summed E-state index contributed by atoms with van der Waals surface area (Å²) in [6.45, 7) is 1.92. The number of nitrogens with zero attached hydrogens (tertiary/aromatic N) is 1. The topological polar surface area (TPSA) is 60.2 Å². The van der Waals surface area contributed by atoms with Crippen LogP contribution in [0.1, 0.15) is 5.56 Å². The van der Waals surface area contributed by atoms with Crippen molar-refractivity contribution in [1.82, 2.24) is 4.98 Å². The average Bonchev–Trinajstić information content (AvgIpc) is 2.38. The third-order valence-corrected chi connectivity index (χ3v) is 2.63. The van der Waals surface area contributed by atoms with E-state index in [1.54, 1.807) is 7.11 Å². The molecular formula is C13H17N3O. The van der Waals surface area contributed by atoms with Crippen LogP contribution in [0.3, 0.4) is 0 Å². The molecule has 17 heavy (non-hydrogen) atoms. The van der Waals surface area contributed by atoms with Gasteiger partial charge in [0.05, 0.1) is 12.1 Å². The number of methoxy groups -OCH3 is 1. The van der Waals surface area contributed by atoms with Gasteiger partial charge in [-0.05, 0) is 17.7 Å². The van der Waals surface area contributed by atoms with Crippen LogP contribution >= 0.6 is 0 Å². The van der Waals surface area contributed by atoms with E-state index < -0.39 is 0 Å². The maximum atomic E-state index is 5.76. The molecule has 0 atom stereocenters. The highest BCUT2D eigenvalue weighted by molar-refractivity contribution is 5.83.